The van der Waals surface area contributed by atoms with Gasteiger partial charge in [0.15, 0.2) is 0 Å². The first kappa shape index (κ1) is 14.1. The molecule has 2 heterocycles. The molecule has 5 nitrogen and oxygen atoms in total. The Morgan fingerprint density at radius 3 is 2.68 bits per heavy atom. The Bertz CT molecular complexity index is 512. The van der Waals surface area contributed by atoms with Gasteiger partial charge in [0.2, 0.25) is 0 Å². The van der Waals surface area contributed by atoms with Crippen LogP contribution >= 0.6 is 15.9 Å². The van der Waals surface area contributed by atoms with Crippen LogP contribution in [0.25, 0.3) is 0 Å². The molecule has 0 bridgehead atoms. The summed E-state index contributed by atoms with van der Waals surface area (Å²) >= 11 is 3.34. The van der Waals surface area contributed by atoms with Crippen molar-refractivity contribution in [1.29, 1.82) is 0 Å². The molecule has 1 N–H and O–H groups in total. The molecule has 1 aliphatic rings. The molecule has 0 saturated carbocycles. The number of aromatic nitrogens is 1. The van der Waals surface area contributed by atoms with Crippen molar-refractivity contribution in [2.75, 3.05) is 6.54 Å². The average Bonchev–Trinajstić information content (AvgIpc) is 2.67. The molecular weight excluding hydrogens is 312 g/mol. The Morgan fingerprint density at radius 1 is 1.47 bits per heavy atom. The monoisotopic (exact) mass is 328 g/mol. The third-order valence-corrected chi connectivity index (χ3v) is 4.19. The van der Waals surface area contributed by atoms with E-state index in [9.17, 15) is 14.7 Å². The number of hydrogen-bond acceptors (Lipinski definition) is 2. The number of carboxylic acids is 1. The van der Waals surface area contributed by atoms with Crippen molar-refractivity contribution in [3.05, 3.63) is 22.4 Å². The highest BCUT2D eigenvalue weighted by Gasteiger charge is 2.36. The van der Waals surface area contributed by atoms with Gasteiger partial charge < -0.3 is 14.6 Å². The Labute approximate surface area is 120 Å². The molecule has 1 aromatic heterocycles. The molecule has 0 unspecified atom stereocenters. The minimum Gasteiger partial charge on any atom is -0.481 e. The molecule has 0 radical (unpaired) electrons. The lowest BCUT2D eigenvalue weighted by molar-refractivity contribution is -0.144. The van der Waals surface area contributed by atoms with Crippen LogP contribution in [0.15, 0.2) is 16.7 Å². The number of nitrogens with zero attached hydrogens (tertiary/aromatic N) is 2. The van der Waals surface area contributed by atoms with Crippen LogP contribution in [0.1, 0.15) is 30.3 Å². The van der Waals surface area contributed by atoms with E-state index in [2.05, 4.69) is 15.9 Å². The largest absolute Gasteiger partial charge is 0.481 e. The van der Waals surface area contributed by atoms with Gasteiger partial charge in [0.1, 0.15) is 5.69 Å². The fourth-order valence-corrected chi connectivity index (χ4v) is 3.17. The summed E-state index contributed by atoms with van der Waals surface area (Å²) < 4.78 is 2.60. The van der Waals surface area contributed by atoms with E-state index < -0.39 is 11.9 Å². The van der Waals surface area contributed by atoms with Gasteiger partial charge in [-0.2, -0.15) is 0 Å². The zero-order chi connectivity index (χ0) is 14.2. The lowest BCUT2D eigenvalue weighted by Gasteiger charge is -2.37. The number of carbonyl (C=O) groups is 2. The number of likely N-dealkylation sites (tertiary alicyclic amines) is 1. The highest BCUT2D eigenvalue weighted by molar-refractivity contribution is 9.10. The Morgan fingerprint density at radius 2 is 2.16 bits per heavy atom. The second-order valence-corrected chi connectivity index (χ2v) is 5.90. The first-order valence-electron chi connectivity index (χ1n) is 6.27. The summed E-state index contributed by atoms with van der Waals surface area (Å²) in [4.78, 5) is 25.4. The molecule has 6 heteroatoms. The standard InChI is InChI=1S/C13H17BrN2O3/c1-8-10(13(18)19)4-3-5-16(8)12(17)11-6-9(14)7-15(11)2/h6-8,10H,3-5H2,1-2H3,(H,18,19)/t8-,10-/m1/s1. The van der Waals surface area contributed by atoms with Crippen molar-refractivity contribution in [2.24, 2.45) is 13.0 Å². The van der Waals surface area contributed by atoms with Crippen molar-refractivity contribution >= 4 is 27.8 Å². The molecule has 0 spiro atoms. The molecule has 1 saturated heterocycles. The van der Waals surface area contributed by atoms with Gasteiger partial charge in [-0.3, -0.25) is 9.59 Å². The predicted octanol–water partition coefficient (Wildman–Crippen LogP) is 2.11. The number of piperidine rings is 1. The minimum atomic E-state index is -0.821. The van der Waals surface area contributed by atoms with E-state index in [1.54, 1.807) is 22.6 Å². The summed E-state index contributed by atoms with van der Waals surface area (Å²) in [5.74, 6) is -1.40. The predicted molar refractivity (Wildman–Crippen MR) is 74.0 cm³/mol. The summed E-state index contributed by atoms with van der Waals surface area (Å²) in [7, 11) is 1.81. The summed E-state index contributed by atoms with van der Waals surface area (Å²) in [5.41, 5.74) is 0.574. The quantitative estimate of drug-likeness (QED) is 0.904. The van der Waals surface area contributed by atoms with Crippen LogP contribution in [0.4, 0.5) is 0 Å². The molecule has 2 atom stereocenters. The first-order valence-corrected chi connectivity index (χ1v) is 7.06. The van der Waals surface area contributed by atoms with Gasteiger partial charge in [0.05, 0.1) is 5.92 Å². The summed E-state index contributed by atoms with van der Waals surface area (Å²) in [6, 6.07) is 1.49. The molecule has 1 aliphatic heterocycles. The van der Waals surface area contributed by atoms with Crippen LogP contribution in [-0.2, 0) is 11.8 Å². The number of aliphatic carboxylic acids is 1. The number of aryl methyl sites for hydroxylation is 1. The lowest BCUT2D eigenvalue weighted by atomic mass is 9.90. The van der Waals surface area contributed by atoms with E-state index >= 15 is 0 Å². The van der Waals surface area contributed by atoms with Crippen LogP contribution in [0, 0.1) is 5.92 Å². The molecule has 0 aliphatic carbocycles. The zero-order valence-electron chi connectivity index (χ0n) is 11.0. The number of carboxylic acid groups (broad SMARTS) is 1. The first-order chi connectivity index (χ1) is 8.91. The van der Waals surface area contributed by atoms with E-state index in [0.717, 1.165) is 10.9 Å². The molecule has 1 amide bonds. The second kappa shape index (κ2) is 5.36. The van der Waals surface area contributed by atoms with Crippen LogP contribution < -0.4 is 0 Å². The number of carbonyl (C=O) groups excluding carboxylic acids is 1. The van der Waals surface area contributed by atoms with Gasteiger partial charge in [-0.15, -0.1) is 0 Å². The fraction of sp³-hybridized carbons (Fsp3) is 0.538. The van der Waals surface area contributed by atoms with Crippen LogP contribution in [0.5, 0.6) is 0 Å². The second-order valence-electron chi connectivity index (χ2n) is 4.98. The van der Waals surface area contributed by atoms with E-state index in [1.165, 1.54) is 0 Å². The van der Waals surface area contributed by atoms with Crippen molar-refractivity contribution < 1.29 is 14.7 Å². The molecule has 1 aromatic rings. The maximum absolute atomic E-state index is 12.5. The highest BCUT2D eigenvalue weighted by atomic mass is 79.9. The van der Waals surface area contributed by atoms with Crippen molar-refractivity contribution in [3.8, 4) is 0 Å². The van der Waals surface area contributed by atoms with Gasteiger partial charge in [0.25, 0.3) is 5.91 Å². The fourth-order valence-electron chi connectivity index (χ4n) is 2.64. The maximum Gasteiger partial charge on any atom is 0.308 e. The molecule has 104 valence electrons. The highest BCUT2D eigenvalue weighted by Crippen LogP contribution is 2.26. The summed E-state index contributed by atoms with van der Waals surface area (Å²) in [5, 5.41) is 9.19. The van der Waals surface area contributed by atoms with Crippen molar-refractivity contribution in [3.63, 3.8) is 0 Å². The SMILES string of the molecule is C[C@@H]1[C@H](C(=O)O)CCCN1C(=O)c1cc(Br)cn1C. The van der Waals surface area contributed by atoms with Crippen molar-refractivity contribution in [1.82, 2.24) is 9.47 Å². The molecule has 1 fully saturated rings. The Kier molecular flexibility index (Phi) is 3.99. The third kappa shape index (κ3) is 2.68. The molecular formula is C13H17BrN2O3. The smallest absolute Gasteiger partial charge is 0.308 e. The van der Waals surface area contributed by atoms with Crippen LogP contribution in [0.3, 0.4) is 0 Å². The van der Waals surface area contributed by atoms with E-state index in [4.69, 9.17) is 0 Å². The lowest BCUT2D eigenvalue weighted by Crippen LogP contribution is -2.49. The number of hydrogen-bond donors (Lipinski definition) is 1. The maximum atomic E-state index is 12.5. The number of halogens is 1. The molecule has 2 rings (SSSR count). The van der Waals surface area contributed by atoms with Gasteiger partial charge >= 0.3 is 5.97 Å². The topological polar surface area (TPSA) is 62.5 Å². The number of amides is 1. The minimum absolute atomic E-state index is 0.105. The molecule has 0 aromatic carbocycles. The zero-order valence-corrected chi connectivity index (χ0v) is 12.6. The number of rotatable bonds is 2. The molecule has 19 heavy (non-hydrogen) atoms. The average molecular weight is 329 g/mol. The Hall–Kier alpha value is -1.30. The summed E-state index contributed by atoms with van der Waals surface area (Å²) in [6.45, 7) is 2.43. The van der Waals surface area contributed by atoms with E-state index in [1.807, 2.05) is 13.1 Å². The van der Waals surface area contributed by atoms with Crippen LogP contribution in [-0.4, -0.2) is 39.0 Å². The normalized spacial score (nSPS) is 23.4. The van der Waals surface area contributed by atoms with Gasteiger partial charge in [-0.05, 0) is 41.8 Å². The third-order valence-electron chi connectivity index (χ3n) is 3.76. The Balaban J connectivity index is 2.23. The van der Waals surface area contributed by atoms with Crippen molar-refractivity contribution in [2.45, 2.75) is 25.8 Å². The van der Waals surface area contributed by atoms with Crippen LogP contribution in [0.2, 0.25) is 0 Å². The van der Waals surface area contributed by atoms with Gasteiger partial charge in [-0.1, -0.05) is 0 Å². The van der Waals surface area contributed by atoms with E-state index in [0.29, 0.717) is 18.7 Å². The van der Waals surface area contributed by atoms with E-state index in [-0.39, 0.29) is 11.9 Å². The summed E-state index contributed by atoms with van der Waals surface area (Å²) in [6.07, 6.45) is 3.19. The van der Waals surface area contributed by atoms with Gasteiger partial charge in [-0.25, -0.2) is 0 Å². The van der Waals surface area contributed by atoms with Gasteiger partial charge in [0, 0.05) is 30.3 Å².